The molecule has 2 heterocycles. The Kier molecular flexibility index (Phi) is 3.31. The number of carbonyl (C=O) groups is 2. The molecular formula is C16H13ClN4O3. The molecule has 0 bridgehead atoms. The summed E-state index contributed by atoms with van der Waals surface area (Å²) in [5.74, 6) is -0.235. The van der Waals surface area contributed by atoms with E-state index in [9.17, 15) is 9.59 Å². The van der Waals surface area contributed by atoms with Crippen molar-refractivity contribution < 1.29 is 14.3 Å². The molecule has 0 spiro atoms. The third kappa shape index (κ3) is 2.43. The van der Waals surface area contributed by atoms with Crippen LogP contribution in [0.2, 0.25) is 5.15 Å². The summed E-state index contributed by atoms with van der Waals surface area (Å²) in [6.45, 7) is 0. The first kappa shape index (κ1) is 14.8. The molecule has 2 aliphatic rings. The minimum Gasteiger partial charge on any atom is -0.450 e. The molecule has 7 nitrogen and oxygen atoms in total. The lowest BCUT2D eigenvalue weighted by atomic mass is 10.1. The first-order valence-corrected chi connectivity index (χ1v) is 7.79. The van der Waals surface area contributed by atoms with Crippen molar-refractivity contribution in [3.05, 3.63) is 40.7 Å². The van der Waals surface area contributed by atoms with Gasteiger partial charge in [-0.1, -0.05) is 17.7 Å². The van der Waals surface area contributed by atoms with Crippen LogP contribution in [0.3, 0.4) is 0 Å². The van der Waals surface area contributed by atoms with Gasteiger partial charge in [0.25, 0.3) is 11.8 Å². The fourth-order valence-electron chi connectivity index (χ4n) is 2.54. The number of rotatable bonds is 3. The summed E-state index contributed by atoms with van der Waals surface area (Å²) in [4.78, 5) is 28.1. The standard InChI is InChI=1S/C16H13ClN4O3/c17-14-13-12(9(6-19-14)16(23)20-7-4-5-7)21-11-8(15(18)22)2-1-3-10(11)24-13/h1-3,6-7,21H,4-5H2,(H2,18,22)(H,20,23). The van der Waals surface area contributed by atoms with Gasteiger partial charge in [-0.25, -0.2) is 4.98 Å². The van der Waals surface area contributed by atoms with Crippen LogP contribution < -0.4 is 21.1 Å². The number of ether oxygens (including phenoxy) is 1. The van der Waals surface area contributed by atoms with Crippen molar-refractivity contribution in [3.8, 4) is 11.5 Å². The number of pyridine rings is 1. The van der Waals surface area contributed by atoms with Crippen molar-refractivity contribution >= 4 is 34.8 Å². The number of anilines is 2. The fraction of sp³-hybridized carbons (Fsp3) is 0.188. The zero-order valence-electron chi connectivity index (χ0n) is 12.4. The largest absolute Gasteiger partial charge is 0.450 e. The second-order valence-corrected chi connectivity index (χ2v) is 6.04. The highest BCUT2D eigenvalue weighted by atomic mass is 35.5. The van der Waals surface area contributed by atoms with E-state index in [1.54, 1.807) is 18.2 Å². The lowest BCUT2D eigenvalue weighted by Gasteiger charge is -2.25. The van der Waals surface area contributed by atoms with Gasteiger partial charge < -0.3 is 21.1 Å². The first-order chi connectivity index (χ1) is 11.5. The van der Waals surface area contributed by atoms with Gasteiger partial charge in [-0.05, 0) is 25.0 Å². The molecule has 0 atom stereocenters. The van der Waals surface area contributed by atoms with Gasteiger partial charge in [0, 0.05) is 12.2 Å². The van der Waals surface area contributed by atoms with E-state index in [0.717, 1.165) is 12.8 Å². The number of primary amides is 1. The van der Waals surface area contributed by atoms with Crippen molar-refractivity contribution in [2.75, 3.05) is 5.32 Å². The van der Waals surface area contributed by atoms with Crippen molar-refractivity contribution in [2.45, 2.75) is 18.9 Å². The number of nitrogens with two attached hydrogens (primary N) is 1. The molecule has 24 heavy (non-hydrogen) atoms. The Labute approximate surface area is 142 Å². The molecule has 2 aromatic rings. The SMILES string of the molecule is NC(=O)c1cccc2c1Nc1c(C(=O)NC3CC3)cnc(Cl)c1O2. The average molecular weight is 345 g/mol. The maximum atomic E-state index is 12.4. The molecule has 1 aromatic heterocycles. The predicted octanol–water partition coefficient (Wildman–Crippen LogP) is 2.58. The Hall–Kier alpha value is -2.80. The van der Waals surface area contributed by atoms with E-state index in [0.29, 0.717) is 22.7 Å². The highest BCUT2D eigenvalue weighted by Gasteiger charge is 2.30. The molecule has 8 heteroatoms. The minimum atomic E-state index is -0.601. The van der Waals surface area contributed by atoms with Crippen molar-refractivity contribution in [2.24, 2.45) is 5.73 Å². The predicted molar refractivity (Wildman–Crippen MR) is 88.1 cm³/mol. The molecule has 0 unspecified atom stereocenters. The van der Waals surface area contributed by atoms with Gasteiger partial charge in [-0.3, -0.25) is 9.59 Å². The Morgan fingerprint density at radius 1 is 1.29 bits per heavy atom. The third-order valence-corrected chi connectivity index (χ3v) is 4.17. The number of hydrogen-bond donors (Lipinski definition) is 3. The number of benzene rings is 1. The maximum absolute atomic E-state index is 12.4. The van der Waals surface area contributed by atoms with Crippen molar-refractivity contribution in [1.82, 2.24) is 10.3 Å². The molecule has 122 valence electrons. The molecule has 4 rings (SSSR count). The number of aromatic nitrogens is 1. The van der Waals surface area contributed by atoms with Crippen LogP contribution in [0.1, 0.15) is 33.6 Å². The quantitative estimate of drug-likeness (QED) is 0.633. The number of nitrogens with zero attached hydrogens (tertiary/aromatic N) is 1. The Balaban J connectivity index is 1.80. The van der Waals surface area contributed by atoms with Crippen molar-refractivity contribution in [3.63, 3.8) is 0 Å². The van der Waals surface area contributed by atoms with Crippen LogP contribution >= 0.6 is 11.6 Å². The monoisotopic (exact) mass is 344 g/mol. The Morgan fingerprint density at radius 3 is 2.79 bits per heavy atom. The van der Waals surface area contributed by atoms with Crippen LogP contribution in [-0.4, -0.2) is 22.8 Å². The minimum absolute atomic E-state index is 0.121. The molecule has 1 aliphatic heterocycles. The highest BCUT2D eigenvalue weighted by molar-refractivity contribution is 6.31. The Bertz CT molecular complexity index is 880. The van der Waals surface area contributed by atoms with E-state index < -0.39 is 5.91 Å². The van der Waals surface area contributed by atoms with Gasteiger partial charge in [-0.15, -0.1) is 0 Å². The molecule has 0 radical (unpaired) electrons. The molecule has 4 N–H and O–H groups in total. The van der Waals surface area contributed by atoms with Crippen LogP contribution in [0.15, 0.2) is 24.4 Å². The van der Waals surface area contributed by atoms with E-state index in [1.165, 1.54) is 6.20 Å². The first-order valence-electron chi connectivity index (χ1n) is 7.41. The molecule has 2 amide bonds. The van der Waals surface area contributed by atoms with Gasteiger partial charge in [0.05, 0.1) is 22.5 Å². The lowest BCUT2D eigenvalue weighted by molar-refractivity contribution is 0.0950. The molecular weight excluding hydrogens is 332 g/mol. The van der Waals surface area contributed by atoms with Crippen LogP contribution in [-0.2, 0) is 0 Å². The summed E-state index contributed by atoms with van der Waals surface area (Å²) >= 11 is 6.11. The summed E-state index contributed by atoms with van der Waals surface area (Å²) in [6.07, 6.45) is 3.31. The Morgan fingerprint density at radius 2 is 2.08 bits per heavy atom. The summed E-state index contributed by atoms with van der Waals surface area (Å²) in [7, 11) is 0. The molecule has 1 saturated carbocycles. The van der Waals surface area contributed by atoms with Gasteiger partial charge >= 0.3 is 0 Å². The highest BCUT2D eigenvalue weighted by Crippen LogP contribution is 2.47. The normalized spacial score (nSPS) is 14.7. The summed E-state index contributed by atoms with van der Waals surface area (Å²) < 4.78 is 5.77. The number of fused-ring (bicyclic) bond motifs is 2. The molecule has 1 fully saturated rings. The van der Waals surface area contributed by atoms with Crippen LogP contribution in [0.4, 0.5) is 11.4 Å². The lowest BCUT2D eigenvalue weighted by Crippen LogP contribution is -2.27. The van der Waals surface area contributed by atoms with Gasteiger partial charge in [0.1, 0.15) is 0 Å². The zero-order valence-corrected chi connectivity index (χ0v) is 13.2. The molecule has 0 saturated heterocycles. The van der Waals surface area contributed by atoms with Crippen LogP contribution in [0, 0.1) is 0 Å². The topological polar surface area (TPSA) is 106 Å². The zero-order chi connectivity index (χ0) is 16.8. The van der Waals surface area contributed by atoms with Crippen LogP contribution in [0.5, 0.6) is 11.5 Å². The van der Waals surface area contributed by atoms with E-state index in [1.807, 2.05) is 0 Å². The van der Waals surface area contributed by atoms with Crippen LogP contribution in [0.25, 0.3) is 0 Å². The number of nitrogens with one attached hydrogen (secondary N) is 2. The number of para-hydroxylation sites is 1. The number of halogens is 1. The van der Waals surface area contributed by atoms with E-state index in [-0.39, 0.29) is 28.4 Å². The number of carbonyl (C=O) groups excluding carboxylic acids is 2. The van der Waals surface area contributed by atoms with Gasteiger partial charge in [-0.2, -0.15) is 0 Å². The van der Waals surface area contributed by atoms with E-state index >= 15 is 0 Å². The second-order valence-electron chi connectivity index (χ2n) is 5.68. The molecule has 1 aliphatic carbocycles. The summed E-state index contributed by atoms with van der Waals surface area (Å²) in [6, 6.07) is 5.10. The third-order valence-electron chi connectivity index (χ3n) is 3.90. The number of hydrogen-bond acceptors (Lipinski definition) is 5. The van der Waals surface area contributed by atoms with Gasteiger partial charge in [0.15, 0.2) is 16.7 Å². The van der Waals surface area contributed by atoms with Crippen molar-refractivity contribution in [1.29, 1.82) is 0 Å². The van der Waals surface area contributed by atoms with E-state index in [4.69, 9.17) is 22.1 Å². The summed E-state index contributed by atoms with van der Waals surface area (Å²) in [5, 5.41) is 6.08. The fourth-order valence-corrected chi connectivity index (χ4v) is 2.72. The average Bonchev–Trinajstić information content (AvgIpc) is 3.37. The molecule has 1 aromatic carbocycles. The van der Waals surface area contributed by atoms with Gasteiger partial charge in [0.2, 0.25) is 0 Å². The second kappa shape index (κ2) is 5.38. The van der Waals surface area contributed by atoms with E-state index in [2.05, 4.69) is 15.6 Å². The smallest absolute Gasteiger partial charge is 0.255 e. The summed E-state index contributed by atoms with van der Waals surface area (Å²) in [5.41, 5.74) is 6.74. The number of amides is 2. The maximum Gasteiger partial charge on any atom is 0.255 e.